The minimum Gasteiger partial charge on any atom is -0.497 e. The van der Waals surface area contributed by atoms with Gasteiger partial charge in [-0.3, -0.25) is 9.36 Å². The lowest BCUT2D eigenvalue weighted by Gasteiger charge is -2.09. The lowest BCUT2D eigenvalue weighted by Crippen LogP contribution is -2.33. The predicted octanol–water partition coefficient (Wildman–Crippen LogP) is 4.76. The van der Waals surface area contributed by atoms with Gasteiger partial charge in [-0.15, -0.1) is 5.10 Å². The normalized spacial score (nSPS) is 11.4. The zero-order valence-electron chi connectivity index (χ0n) is 19.6. The maximum absolute atomic E-state index is 13.2. The van der Waals surface area contributed by atoms with Crippen LogP contribution in [-0.2, 0) is 30.6 Å². The number of methoxy groups -OCH3 is 1. The van der Waals surface area contributed by atoms with Crippen LogP contribution in [-0.4, -0.2) is 27.4 Å². The third-order valence-electron chi connectivity index (χ3n) is 5.56. The van der Waals surface area contributed by atoms with Crippen molar-refractivity contribution >= 4 is 17.5 Å². The van der Waals surface area contributed by atoms with E-state index in [1.807, 2.05) is 12.1 Å². The summed E-state index contributed by atoms with van der Waals surface area (Å²) in [6, 6.07) is 18.6. The standard InChI is InChI=1S/C26H22ClF3N4O3/c1-37-22-11-5-17(6-12-22)15-33-24(19-7-9-21(27)10-8-19)32-34(25(33)36)16-23(35)31-14-18-3-2-4-20(13-18)26(28,29)30/h2-13H,14-16H2,1H3,(H,31,35). The van der Waals surface area contributed by atoms with Gasteiger partial charge in [0.1, 0.15) is 12.3 Å². The first-order valence-corrected chi connectivity index (χ1v) is 11.5. The Hall–Kier alpha value is -4.05. The number of benzene rings is 3. The molecule has 0 bridgehead atoms. The molecule has 0 spiro atoms. The van der Waals surface area contributed by atoms with E-state index >= 15 is 0 Å². The molecule has 0 radical (unpaired) electrons. The van der Waals surface area contributed by atoms with Crippen molar-refractivity contribution in [3.8, 4) is 17.1 Å². The Morgan fingerprint density at radius 3 is 2.38 bits per heavy atom. The van der Waals surface area contributed by atoms with Crippen molar-refractivity contribution in [1.29, 1.82) is 0 Å². The number of nitrogens with zero attached hydrogens (tertiary/aromatic N) is 3. The highest BCUT2D eigenvalue weighted by Gasteiger charge is 2.30. The lowest BCUT2D eigenvalue weighted by atomic mass is 10.1. The van der Waals surface area contributed by atoms with Crippen LogP contribution in [0.15, 0.2) is 77.6 Å². The van der Waals surface area contributed by atoms with E-state index in [2.05, 4.69) is 10.4 Å². The fraction of sp³-hybridized carbons (Fsp3) is 0.192. The first-order valence-electron chi connectivity index (χ1n) is 11.1. The van der Waals surface area contributed by atoms with Crippen molar-refractivity contribution in [2.75, 3.05) is 7.11 Å². The fourth-order valence-corrected chi connectivity index (χ4v) is 3.79. The number of amides is 1. The molecule has 37 heavy (non-hydrogen) atoms. The molecule has 0 saturated heterocycles. The molecular formula is C26H22ClF3N4O3. The van der Waals surface area contributed by atoms with Crippen LogP contribution in [0.3, 0.4) is 0 Å². The Balaban J connectivity index is 1.56. The van der Waals surface area contributed by atoms with Crippen molar-refractivity contribution < 1.29 is 22.7 Å². The molecule has 1 heterocycles. The molecule has 0 saturated carbocycles. The molecule has 0 aliphatic rings. The molecule has 0 fully saturated rings. The number of hydrogen-bond donors (Lipinski definition) is 1. The van der Waals surface area contributed by atoms with Gasteiger partial charge in [-0.25, -0.2) is 9.48 Å². The van der Waals surface area contributed by atoms with Gasteiger partial charge in [0, 0.05) is 17.1 Å². The average molecular weight is 531 g/mol. The topological polar surface area (TPSA) is 78.2 Å². The van der Waals surface area contributed by atoms with Gasteiger partial charge < -0.3 is 10.1 Å². The van der Waals surface area contributed by atoms with Crippen LogP contribution in [0.5, 0.6) is 5.75 Å². The summed E-state index contributed by atoms with van der Waals surface area (Å²) in [5.74, 6) is 0.432. The van der Waals surface area contributed by atoms with Crippen LogP contribution in [0.25, 0.3) is 11.4 Å². The van der Waals surface area contributed by atoms with E-state index in [0.717, 1.165) is 22.4 Å². The first kappa shape index (κ1) is 26.0. The highest BCUT2D eigenvalue weighted by Crippen LogP contribution is 2.29. The van der Waals surface area contributed by atoms with Gasteiger partial charge in [0.2, 0.25) is 5.91 Å². The van der Waals surface area contributed by atoms with E-state index in [4.69, 9.17) is 16.3 Å². The maximum atomic E-state index is 13.2. The van der Waals surface area contributed by atoms with E-state index in [9.17, 15) is 22.8 Å². The van der Waals surface area contributed by atoms with E-state index < -0.39 is 29.9 Å². The second kappa shape index (κ2) is 10.9. The Morgan fingerprint density at radius 2 is 1.73 bits per heavy atom. The van der Waals surface area contributed by atoms with Crippen LogP contribution in [0.1, 0.15) is 16.7 Å². The van der Waals surface area contributed by atoms with E-state index in [1.54, 1.807) is 43.5 Å². The molecule has 0 aliphatic carbocycles. The number of halogens is 4. The quantitative estimate of drug-likeness (QED) is 0.356. The van der Waals surface area contributed by atoms with Crippen molar-refractivity contribution in [2.45, 2.75) is 25.8 Å². The van der Waals surface area contributed by atoms with Gasteiger partial charge in [0.05, 0.1) is 19.2 Å². The van der Waals surface area contributed by atoms with Crippen molar-refractivity contribution in [1.82, 2.24) is 19.7 Å². The minimum atomic E-state index is -4.48. The highest BCUT2D eigenvalue weighted by molar-refractivity contribution is 6.30. The third kappa shape index (κ3) is 6.39. The predicted molar refractivity (Wildman–Crippen MR) is 132 cm³/mol. The summed E-state index contributed by atoms with van der Waals surface area (Å²) < 4.78 is 46.5. The summed E-state index contributed by atoms with van der Waals surface area (Å²) in [6.07, 6.45) is -4.48. The SMILES string of the molecule is COc1ccc(Cn2c(-c3ccc(Cl)cc3)nn(CC(=O)NCc3cccc(C(F)(F)F)c3)c2=O)cc1. The minimum absolute atomic E-state index is 0.131. The van der Waals surface area contributed by atoms with Gasteiger partial charge in [0.25, 0.3) is 0 Å². The molecule has 192 valence electrons. The van der Waals surface area contributed by atoms with Gasteiger partial charge in [-0.1, -0.05) is 35.9 Å². The Morgan fingerprint density at radius 1 is 1.03 bits per heavy atom. The fourth-order valence-electron chi connectivity index (χ4n) is 3.66. The number of ether oxygens (including phenoxy) is 1. The summed E-state index contributed by atoms with van der Waals surface area (Å²) in [4.78, 5) is 25.8. The Labute approximate surface area is 215 Å². The van der Waals surface area contributed by atoms with Crippen LogP contribution in [0, 0.1) is 0 Å². The molecule has 7 nitrogen and oxygen atoms in total. The molecule has 4 rings (SSSR count). The molecule has 0 unspecified atom stereocenters. The molecule has 1 amide bonds. The highest BCUT2D eigenvalue weighted by atomic mass is 35.5. The molecular weight excluding hydrogens is 509 g/mol. The van der Waals surface area contributed by atoms with Gasteiger partial charge >= 0.3 is 11.9 Å². The Bertz CT molecular complexity index is 1450. The molecule has 11 heteroatoms. The Kier molecular flexibility index (Phi) is 7.68. The second-order valence-corrected chi connectivity index (χ2v) is 8.62. The molecule has 4 aromatic rings. The summed E-state index contributed by atoms with van der Waals surface area (Å²) in [7, 11) is 1.56. The van der Waals surface area contributed by atoms with Crippen LogP contribution >= 0.6 is 11.6 Å². The third-order valence-corrected chi connectivity index (χ3v) is 5.81. The molecule has 0 atom stereocenters. The van der Waals surface area contributed by atoms with E-state index in [-0.39, 0.29) is 18.7 Å². The smallest absolute Gasteiger partial charge is 0.416 e. The van der Waals surface area contributed by atoms with Crippen molar-refractivity contribution in [3.63, 3.8) is 0 Å². The molecule has 3 aromatic carbocycles. The van der Waals surface area contributed by atoms with Crippen LogP contribution < -0.4 is 15.7 Å². The van der Waals surface area contributed by atoms with E-state index in [0.29, 0.717) is 22.2 Å². The number of carbonyl (C=O) groups excluding carboxylic acids is 1. The lowest BCUT2D eigenvalue weighted by molar-refractivity contribution is -0.137. The summed E-state index contributed by atoms with van der Waals surface area (Å²) in [5, 5.41) is 7.43. The number of nitrogens with one attached hydrogen (secondary N) is 1. The number of alkyl halides is 3. The van der Waals surface area contributed by atoms with Crippen LogP contribution in [0.2, 0.25) is 5.02 Å². The molecule has 0 aliphatic heterocycles. The zero-order valence-corrected chi connectivity index (χ0v) is 20.4. The zero-order chi connectivity index (χ0) is 26.6. The average Bonchev–Trinajstić information content (AvgIpc) is 3.18. The van der Waals surface area contributed by atoms with Crippen LogP contribution in [0.4, 0.5) is 13.2 Å². The number of rotatable bonds is 8. The summed E-state index contributed by atoms with van der Waals surface area (Å²) in [5.41, 5.74) is 0.391. The van der Waals surface area contributed by atoms with Gasteiger partial charge in [-0.05, 0) is 59.7 Å². The maximum Gasteiger partial charge on any atom is 0.416 e. The largest absolute Gasteiger partial charge is 0.497 e. The van der Waals surface area contributed by atoms with Crippen molar-refractivity contribution in [2.24, 2.45) is 0 Å². The van der Waals surface area contributed by atoms with Crippen molar-refractivity contribution in [3.05, 3.63) is 105 Å². The first-order chi connectivity index (χ1) is 17.6. The summed E-state index contributed by atoms with van der Waals surface area (Å²) >= 11 is 6.00. The second-order valence-electron chi connectivity index (χ2n) is 8.18. The molecule has 1 N–H and O–H groups in total. The number of hydrogen-bond acceptors (Lipinski definition) is 4. The van der Waals surface area contributed by atoms with E-state index in [1.165, 1.54) is 16.7 Å². The number of aromatic nitrogens is 3. The van der Waals surface area contributed by atoms with Gasteiger partial charge in [0.15, 0.2) is 5.82 Å². The monoisotopic (exact) mass is 530 g/mol. The number of carbonyl (C=O) groups is 1. The molecule has 1 aromatic heterocycles. The summed E-state index contributed by atoms with van der Waals surface area (Å²) in [6.45, 7) is -0.352. The van der Waals surface area contributed by atoms with Gasteiger partial charge in [-0.2, -0.15) is 13.2 Å².